The van der Waals surface area contributed by atoms with Crippen molar-refractivity contribution in [3.8, 4) is 0 Å². The van der Waals surface area contributed by atoms with Crippen LogP contribution in [-0.4, -0.2) is 65.5 Å². The highest BCUT2D eigenvalue weighted by atomic mass is 19.1. The van der Waals surface area contributed by atoms with Crippen LogP contribution in [0, 0.1) is 11.7 Å². The van der Waals surface area contributed by atoms with Gasteiger partial charge in [0.1, 0.15) is 11.7 Å². The molecule has 0 spiro atoms. The summed E-state index contributed by atoms with van der Waals surface area (Å²) in [6.45, 7) is 10.6. The monoisotopic (exact) mass is 438 g/mol. The fraction of sp³-hybridized carbons (Fsp3) is 0.478. The number of likely N-dealkylation sites (N-methyl/N-ethyl adjacent to an activating group) is 1. The first-order valence-corrected chi connectivity index (χ1v) is 11.1. The van der Waals surface area contributed by atoms with E-state index in [9.17, 15) is 4.39 Å². The number of aliphatic imine (C=N–C) groups is 1. The number of benzene rings is 1. The summed E-state index contributed by atoms with van der Waals surface area (Å²) in [7, 11) is 2.12. The molecular formula is C23H31FN8. The Balaban J connectivity index is 1.57. The zero-order chi connectivity index (χ0) is 22.7. The number of anilines is 3. The Labute approximate surface area is 188 Å². The van der Waals surface area contributed by atoms with E-state index in [0.29, 0.717) is 30.3 Å². The Kier molecular flexibility index (Phi) is 6.64. The smallest absolute Gasteiger partial charge is 0.234 e. The fourth-order valence-corrected chi connectivity index (χ4v) is 3.64. The van der Waals surface area contributed by atoms with Gasteiger partial charge < -0.3 is 20.4 Å². The summed E-state index contributed by atoms with van der Waals surface area (Å²) in [5, 5.41) is 6.60. The number of hydrogen-bond donors (Lipinski definition) is 2. The molecule has 0 amide bonds. The molecule has 32 heavy (non-hydrogen) atoms. The van der Waals surface area contributed by atoms with Gasteiger partial charge in [0.15, 0.2) is 0 Å². The van der Waals surface area contributed by atoms with Gasteiger partial charge in [0.2, 0.25) is 17.8 Å². The van der Waals surface area contributed by atoms with Crippen LogP contribution >= 0.6 is 0 Å². The standard InChI is InChI=1S/C23H31FN8/c1-15(2)18-13-20(25-14-18)27-22-28-21(26-16(3)17-5-7-19(24)8-6-17)29-23(30-22)32-11-9-31(4)10-12-32/h5-8,13,15-16H,9-12,14H2,1-4H3,(H2,25,26,27,28,29,30). The van der Waals surface area contributed by atoms with Gasteiger partial charge in [-0.3, -0.25) is 4.99 Å². The first-order valence-electron chi connectivity index (χ1n) is 11.1. The highest BCUT2D eigenvalue weighted by Crippen LogP contribution is 2.22. The van der Waals surface area contributed by atoms with Crippen LogP contribution in [0.1, 0.15) is 32.4 Å². The zero-order valence-corrected chi connectivity index (χ0v) is 19.1. The maximum Gasteiger partial charge on any atom is 0.234 e. The van der Waals surface area contributed by atoms with Crippen molar-refractivity contribution in [1.82, 2.24) is 19.9 Å². The first-order chi connectivity index (χ1) is 15.4. The molecule has 1 fully saturated rings. The second-order valence-electron chi connectivity index (χ2n) is 8.69. The van der Waals surface area contributed by atoms with Crippen molar-refractivity contribution >= 4 is 23.7 Å². The maximum absolute atomic E-state index is 13.3. The summed E-state index contributed by atoms with van der Waals surface area (Å²) in [5.41, 5.74) is 2.23. The van der Waals surface area contributed by atoms with Crippen molar-refractivity contribution < 1.29 is 4.39 Å². The molecule has 3 heterocycles. The molecule has 4 rings (SSSR count). The lowest BCUT2D eigenvalue weighted by Crippen LogP contribution is -2.45. The van der Waals surface area contributed by atoms with Crippen molar-refractivity contribution in [2.45, 2.75) is 26.8 Å². The third kappa shape index (κ3) is 5.40. The summed E-state index contributed by atoms with van der Waals surface area (Å²) < 4.78 is 13.3. The van der Waals surface area contributed by atoms with Crippen LogP contribution in [-0.2, 0) is 0 Å². The molecule has 1 saturated heterocycles. The summed E-state index contributed by atoms with van der Waals surface area (Å²) >= 11 is 0. The van der Waals surface area contributed by atoms with Gasteiger partial charge in [0, 0.05) is 26.2 Å². The van der Waals surface area contributed by atoms with E-state index >= 15 is 0 Å². The number of piperazine rings is 1. The van der Waals surface area contributed by atoms with Crippen LogP contribution in [0.15, 0.2) is 40.9 Å². The molecular weight excluding hydrogens is 407 g/mol. The van der Waals surface area contributed by atoms with Gasteiger partial charge >= 0.3 is 0 Å². The topological polar surface area (TPSA) is 81.6 Å². The van der Waals surface area contributed by atoms with Crippen molar-refractivity contribution in [1.29, 1.82) is 0 Å². The van der Waals surface area contributed by atoms with Crippen molar-refractivity contribution in [3.05, 3.63) is 47.3 Å². The van der Waals surface area contributed by atoms with Gasteiger partial charge in [-0.2, -0.15) is 15.0 Å². The lowest BCUT2D eigenvalue weighted by molar-refractivity contribution is 0.311. The number of nitrogens with one attached hydrogen (secondary N) is 2. The van der Waals surface area contributed by atoms with Crippen molar-refractivity contribution in [2.24, 2.45) is 10.9 Å². The quantitative estimate of drug-likeness (QED) is 0.716. The van der Waals surface area contributed by atoms with Crippen LogP contribution in [0.25, 0.3) is 0 Å². The fourth-order valence-electron chi connectivity index (χ4n) is 3.64. The average Bonchev–Trinajstić information content (AvgIpc) is 3.23. The van der Waals surface area contributed by atoms with Crippen LogP contribution in [0.4, 0.5) is 22.2 Å². The molecule has 0 radical (unpaired) electrons. The number of amidine groups is 1. The number of nitrogens with zero attached hydrogens (tertiary/aromatic N) is 6. The van der Waals surface area contributed by atoms with Crippen LogP contribution < -0.4 is 15.5 Å². The van der Waals surface area contributed by atoms with Gasteiger partial charge in [-0.15, -0.1) is 0 Å². The molecule has 1 aromatic heterocycles. The maximum atomic E-state index is 13.3. The summed E-state index contributed by atoms with van der Waals surface area (Å²) in [6.07, 6.45) is 2.07. The number of hydrogen-bond acceptors (Lipinski definition) is 8. The number of rotatable bonds is 6. The van der Waals surface area contributed by atoms with E-state index in [0.717, 1.165) is 37.6 Å². The SMILES string of the molecule is CC(C)C1=CC(Nc2nc(NC(C)c3ccc(F)cc3)nc(N3CCN(C)CC3)n2)=NC1. The summed E-state index contributed by atoms with van der Waals surface area (Å²) in [6, 6.07) is 6.35. The molecule has 8 nitrogen and oxygen atoms in total. The molecule has 9 heteroatoms. The molecule has 2 aliphatic rings. The van der Waals surface area contributed by atoms with Gasteiger partial charge in [-0.1, -0.05) is 26.0 Å². The molecule has 0 aliphatic carbocycles. The Morgan fingerprint density at radius 1 is 0.938 bits per heavy atom. The molecule has 0 bridgehead atoms. The first kappa shape index (κ1) is 22.1. The van der Waals surface area contributed by atoms with E-state index in [1.54, 1.807) is 12.1 Å². The molecule has 1 unspecified atom stereocenters. The van der Waals surface area contributed by atoms with E-state index < -0.39 is 0 Å². The Morgan fingerprint density at radius 2 is 1.62 bits per heavy atom. The molecule has 2 aromatic rings. The lowest BCUT2D eigenvalue weighted by Gasteiger charge is -2.32. The summed E-state index contributed by atoms with van der Waals surface area (Å²) in [4.78, 5) is 23.0. The van der Waals surface area contributed by atoms with Gasteiger partial charge in [-0.25, -0.2) is 4.39 Å². The van der Waals surface area contributed by atoms with Crippen molar-refractivity contribution in [2.75, 3.05) is 55.3 Å². The minimum Gasteiger partial charge on any atom is -0.348 e. The molecule has 170 valence electrons. The van der Waals surface area contributed by atoms with Crippen LogP contribution in [0.2, 0.25) is 0 Å². The average molecular weight is 439 g/mol. The third-order valence-corrected chi connectivity index (χ3v) is 5.86. The minimum atomic E-state index is -0.254. The molecule has 2 N–H and O–H groups in total. The lowest BCUT2D eigenvalue weighted by atomic mass is 10.0. The molecule has 1 atom stereocenters. The minimum absolute atomic E-state index is 0.0950. The Bertz CT molecular complexity index is 994. The molecule has 2 aliphatic heterocycles. The van der Waals surface area contributed by atoms with Gasteiger partial charge in [0.25, 0.3) is 0 Å². The third-order valence-electron chi connectivity index (χ3n) is 5.86. The van der Waals surface area contributed by atoms with E-state index in [1.165, 1.54) is 17.7 Å². The van der Waals surface area contributed by atoms with Gasteiger partial charge in [-0.05, 0) is 49.2 Å². The van der Waals surface area contributed by atoms with E-state index in [-0.39, 0.29) is 11.9 Å². The van der Waals surface area contributed by atoms with E-state index in [1.807, 2.05) is 6.92 Å². The normalized spacial score (nSPS) is 17.9. The van der Waals surface area contributed by atoms with Crippen LogP contribution in [0.3, 0.4) is 0 Å². The second kappa shape index (κ2) is 9.60. The highest BCUT2D eigenvalue weighted by Gasteiger charge is 2.20. The second-order valence-corrected chi connectivity index (χ2v) is 8.69. The highest BCUT2D eigenvalue weighted by molar-refractivity contribution is 6.04. The van der Waals surface area contributed by atoms with Crippen molar-refractivity contribution in [3.63, 3.8) is 0 Å². The number of aromatic nitrogens is 3. The predicted octanol–water partition coefficient (Wildman–Crippen LogP) is 3.34. The van der Waals surface area contributed by atoms with Gasteiger partial charge in [0.05, 0.1) is 12.6 Å². The summed E-state index contributed by atoms with van der Waals surface area (Å²) in [5.74, 6) is 2.53. The van der Waals surface area contributed by atoms with E-state index in [4.69, 9.17) is 0 Å². The van der Waals surface area contributed by atoms with Crippen LogP contribution in [0.5, 0.6) is 0 Å². The predicted molar refractivity (Wildman–Crippen MR) is 127 cm³/mol. The van der Waals surface area contributed by atoms with E-state index in [2.05, 4.69) is 67.3 Å². The zero-order valence-electron chi connectivity index (χ0n) is 19.1. The Morgan fingerprint density at radius 3 is 2.28 bits per heavy atom. The largest absolute Gasteiger partial charge is 0.348 e. The molecule has 1 aromatic carbocycles. The number of halogens is 1. The Hall–Kier alpha value is -3.07. The molecule has 0 saturated carbocycles.